The summed E-state index contributed by atoms with van der Waals surface area (Å²) in [6.07, 6.45) is 1.67. The number of hydrogen-bond acceptors (Lipinski definition) is 2. The Morgan fingerprint density at radius 2 is 2.00 bits per heavy atom. The minimum Gasteiger partial charge on any atom is -0.319 e. The number of anilines is 1. The highest BCUT2D eigenvalue weighted by molar-refractivity contribution is 6.05. The van der Waals surface area contributed by atoms with E-state index in [0.29, 0.717) is 5.56 Å². The van der Waals surface area contributed by atoms with Crippen LogP contribution in [0.25, 0.3) is 0 Å². The van der Waals surface area contributed by atoms with E-state index in [1.165, 1.54) is 0 Å². The molecule has 4 nitrogen and oxygen atoms in total. The predicted octanol–water partition coefficient (Wildman–Crippen LogP) is 2.60. The molecule has 0 fully saturated rings. The smallest absolute Gasteiger partial charge is 0.256 e. The third kappa shape index (κ3) is 2.27. The highest BCUT2D eigenvalue weighted by Gasteiger charge is 2.12. The van der Waals surface area contributed by atoms with Crippen molar-refractivity contribution in [3.8, 4) is 0 Å². The van der Waals surface area contributed by atoms with Crippen molar-refractivity contribution in [2.24, 2.45) is 7.05 Å². The van der Waals surface area contributed by atoms with Crippen LogP contribution in [0.4, 0.5) is 5.69 Å². The summed E-state index contributed by atoms with van der Waals surface area (Å²) in [5, 5.41) is 7.00. The van der Waals surface area contributed by atoms with E-state index in [1.54, 1.807) is 10.9 Å². The third-order valence-electron chi connectivity index (χ3n) is 3.12. The molecule has 1 amide bonds. The van der Waals surface area contributed by atoms with Gasteiger partial charge in [-0.15, -0.1) is 0 Å². The molecule has 1 heterocycles. The largest absolute Gasteiger partial charge is 0.319 e. The number of carbonyl (C=O) groups is 1. The molecule has 0 radical (unpaired) electrons. The number of rotatable bonds is 2. The van der Waals surface area contributed by atoms with Crippen LogP contribution in [0.2, 0.25) is 0 Å². The van der Waals surface area contributed by atoms with E-state index in [4.69, 9.17) is 0 Å². The molecule has 1 aromatic heterocycles. The lowest BCUT2D eigenvalue weighted by Crippen LogP contribution is -2.14. The second-order valence-electron chi connectivity index (χ2n) is 4.54. The van der Waals surface area contributed by atoms with Crippen LogP contribution in [-0.4, -0.2) is 15.7 Å². The average molecular weight is 243 g/mol. The maximum absolute atomic E-state index is 12.2. The SMILES string of the molecule is Cc1ccc(C)c(C(=O)Nc2cnn(C)c2C)c1. The predicted molar refractivity (Wildman–Crippen MR) is 71.8 cm³/mol. The van der Waals surface area contributed by atoms with Crippen molar-refractivity contribution < 1.29 is 4.79 Å². The maximum Gasteiger partial charge on any atom is 0.256 e. The van der Waals surface area contributed by atoms with E-state index in [9.17, 15) is 4.79 Å². The molecule has 0 aliphatic carbocycles. The van der Waals surface area contributed by atoms with Crippen LogP contribution in [0.1, 0.15) is 27.2 Å². The number of amides is 1. The number of hydrogen-bond donors (Lipinski definition) is 1. The van der Waals surface area contributed by atoms with Crippen LogP contribution < -0.4 is 5.32 Å². The Balaban J connectivity index is 2.27. The van der Waals surface area contributed by atoms with Crippen LogP contribution in [0.3, 0.4) is 0 Å². The molecule has 0 spiro atoms. The molecule has 0 aliphatic heterocycles. The van der Waals surface area contributed by atoms with Gasteiger partial charge in [-0.05, 0) is 32.4 Å². The lowest BCUT2D eigenvalue weighted by atomic mass is 10.1. The molecule has 4 heteroatoms. The van der Waals surface area contributed by atoms with Crippen molar-refractivity contribution in [2.45, 2.75) is 20.8 Å². The van der Waals surface area contributed by atoms with Crippen molar-refractivity contribution in [1.82, 2.24) is 9.78 Å². The fourth-order valence-corrected chi connectivity index (χ4v) is 1.79. The summed E-state index contributed by atoms with van der Waals surface area (Å²) in [5.41, 5.74) is 4.45. The lowest BCUT2D eigenvalue weighted by Gasteiger charge is -2.08. The first-order chi connectivity index (χ1) is 8.49. The van der Waals surface area contributed by atoms with Crippen LogP contribution in [-0.2, 0) is 7.05 Å². The Kier molecular flexibility index (Phi) is 3.19. The van der Waals surface area contributed by atoms with Crippen LogP contribution in [0.5, 0.6) is 0 Å². The Morgan fingerprint density at radius 1 is 1.28 bits per heavy atom. The van der Waals surface area contributed by atoms with Gasteiger partial charge in [-0.1, -0.05) is 17.7 Å². The second kappa shape index (κ2) is 4.64. The second-order valence-corrected chi connectivity index (χ2v) is 4.54. The number of benzene rings is 1. The summed E-state index contributed by atoms with van der Waals surface area (Å²) >= 11 is 0. The highest BCUT2D eigenvalue weighted by Crippen LogP contribution is 2.16. The normalized spacial score (nSPS) is 10.4. The molecule has 0 atom stereocenters. The Morgan fingerprint density at radius 3 is 2.61 bits per heavy atom. The lowest BCUT2D eigenvalue weighted by molar-refractivity contribution is 0.102. The molecule has 2 rings (SSSR count). The van der Waals surface area contributed by atoms with Crippen LogP contribution in [0.15, 0.2) is 24.4 Å². The fraction of sp³-hybridized carbons (Fsp3) is 0.286. The molecular weight excluding hydrogens is 226 g/mol. The van der Waals surface area contributed by atoms with Gasteiger partial charge in [-0.2, -0.15) is 5.10 Å². The molecular formula is C14H17N3O. The summed E-state index contributed by atoms with van der Waals surface area (Å²) in [7, 11) is 1.85. The van der Waals surface area contributed by atoms with Crippen molar-refractivity contribution in [2.75, 3.05) is 5.32 Å². The molecule has 2 aromatic rings. The highest BCUT2D eigenvalue weighted by atomic mass is 16.1. The van der Waals surface area contributed by atoms with E-state index < -0.39 is 0 Å². The first-order valence-electron chi connectivity index (χ1n) is 5.86. The molecule has 1 aromatic carbocycles. The third-order valence-corrected chi connectivity index (χ3v) is 3.12. The standard InChI is InChI=1S/C14H17N3O/c1-9-5-6-10(2)12(7-9)14(18)16-13-8-15-17(4)11(13)3/h5-8H,1-4H3,(H,16,18). The molecule has 0 aliphatic rings. The molecule has 0 bridgehead atoms. The number of nitrogens with zero attached hydrogens (tertiary/aromatic N) is 2. The quantitative estimate of drug-likeness (QED) is 0.881. The van der Waals surface area contributed by atoms with Gasteiger partial charge in [0, 0.05) is 12.6 Å². The van der Waals surface area contributed by atoms with Crippen molar-refractivity contribution >= 4 is 11.6 Å². The van der Waals surface area contributed by atoms with Crippen molar-refractivity contribution in [3.63, 3.8) is 0 Å². The van der Waals surface area contributed by atoms with Gasteiger partial charge in [0.05, 0.1) is 17.6 Å². The molecule has 94 valence electrons. The van der Waals surface area contributed by atoms with E-state index >= 15 is 0 Å². The first-order valence-corrected chi connectivity index (χ1v) is 5.86. The minimum atomic E-state index is -0.0905. The average Bonchev–Trinajstić information content (AvgIpc) is 2.64. The van der Waals surface area contributed by atoms with Crippen LogP contribution >= 0.6 is 0 Å². The van der Waals surface area contributed by atoms with Crippen LogP contribution in [0, 0.1) is 20.8 Å². The zero-order chi connectivity index (χ0) is 13.3. The zero-order valence-electron chi connectivity index (χ0n) is 11.1. The van der Waals surface area contributed by atoms with E-state index in [-0.39, 0.29) is 5.91 Å². The molecule has 0 saturated carbocycles. The molecule has 0 saturated heterocycles. The Hall–Kier alpha value is -2.10. The summed E-state index contributed by atoms with van der Waals surface area (Å²) in [5.74, 6) is -0.0905. The minimum absolute atomic E-state index is 0.0905. The van der Waals surface area contributed by atoms with E-state index in [2.05, 4.69) is 10.4 Å². The van der Waals surface area contributed by atoms with Gasteiger partial charge in [0.25, 0.3) is 5.91 Å². The molecule has 1 N–H and O–H groups in total. The summed E-state index contributed by atoms with van der Waals surface area (Å²) < 4.78 is 1.73. The molecule has 0 unspecified atom stereocenters. The first kappa shape index (κ1) is 12.4. The Bertz CT molecular complexity index is 599. The molecule has 18 heavy (non-hydrogen) atoms. The zero-order valence-corrected chi connectivity index (χ0v) is 11.1. The number of nitrogens with one attached hydrogen (secondary N) is 1. The maximum atomic E-state index is 12.2. The van der Waals surface area contributed by atoms with Gasteiger partial charge in [0.2, 0.25) is 0 Å². The number of aryl methyl sites for hydroxylation is 3. The summed E-state index contributed by atoms with van der Waals surface area (Å²) in [6.45, 7) is 5.84. The van der Waals surface area contributed by atoms with Gasteiger partial charge >= 0.3 is 0 Å². The fourth-order valence-electron chi connectivity index (χ4n) is 1.79. The van der Waals surface area contributed by atoms with Gasteiger partial charge < -0.3 is 5.32 Å². The topological polar surface area (TPSA) is 46.9 Å². The number of aromatic nitrogens is 2. The monoisotopic (exact) mass is 243 g/mol. The summed E-state index contributed by atoms with van der Waals surface area (Å²) in [6, 6.07) is 5.86. The van der Waals surface area contributed by atoms with Gasteiger partial charge in [-0.25, -0.2) is 0 Å². The number of carbonyl (C=O) groups excluding carboxylic acids is 1. The Labute approximate surface area is 107 Å². The summed E-state index contributed by atoms with van der Waals surface area (Å²) in [4.78, 5) is 12.2. The van der Waals surface area contributed by atoms with Gasteiger partial charge in [0.15, 0.2) is 0 Å². The van der Waals surface area contributed by atoms with Crippen molar-refractivity contribution in [3.05, 3.63) is 46.8 Å². The van der Waals surface area contributed by atoms with Crippen molar-refractivity contribution in [1.29, 1.82) is 0 Å². The van der Waals surface area contributed by atoms with Gasteiger partial charge in [0.1, 0.15) is 0 Å². The van der Waals surface area contributed by atoms with E-state index in [0.717, 1.165) is 22.5 Å². The van der Waals surface area contributed by atoms with Gasteiger partial charge in [-0.3, -0.25) is 9.48 Å². The van der Waals surface area contributed by atoms with E-state index in [1.807, 2.05) is 46.0 Å².